The first kappa shape index (κ1) is 18.6. The van der Waals surface area contributed by atoms with Crippen molar-refractivity contribution in [1.29, 1.82) is 0 Å². The molecule has 0 atom stereocenters. The molecule has 0 N–H and O–H groups in total. The Morgan fingerprint density at radius 3 is 2.12 bits per heavy atom. The molecule has 1 saturated heterocycles. The molecule has 0 aromatic carbocycles. The van der Waals surface area contributed by atoms with Gasteiger partial charge in [0.2, 0.25) is 15.0 Å². The minimum Gasteiger partial charge on any atom is -0.444 e. The van der Waals surface area contributed by atoms with Crippen molar-refractivity contribution in [3.05, 3.63) is 17.5 Å². The number of carbonyl (C=O) groups excluding carboxylic acids is 1. The second-order valence-electron chi connectivity index (χ2n) is 7.15. The Balaban J connectivity index is 2.07. The van der Waals surface area contributed by atoms with E-state index in [0.29, 0.717) is 37.3 Å². The Kier molecular flexibility index (Phi) is 5.17. The maximum Gasteiger partial charge on any atom is 0.410 e. The Labute approximate surface area is 143 Å². The summed E-state index contributed by atoms with van der Waals surface area (Å²) in [6, 6.07) is 1.74. The van der Waals surface area contributed by atoms with Gasteiger partial charge < -0.3 is 9.64 Å². The first-order valence-corrected chi connectivity index (χ1v) is 9.58. The van der Waals surface area contributed by atoms with Gasteiger partial charge in [-0.25, -0.2) is 23.2 Å². The molecule has 24 heavy (non-hydrogen) atoms. The summed E-state index contributed by atoms with van der Waals surface area (Å²) in [4.78, 5) is 21.8. The van der Waals surface area contributed by atoms with Gasteiger partial charge in [-0.15, -0.1) is 0 Å². The standard InChI is InChI=1S/C16H25N3O4S/c1-11-10-12(2)18-14(17-11)24(21,22)13-6-8-19(9-7-13)15(20)23-16(3,4)5/h10,13H,6-9H2,1-5H3. The van der Waals surface area contributed by atoms with Crippen LogP contribution in [0.5, 0.6) is 0 Å². The number of aromatic nitrogens is 2. The molecule has 0 bridgehead atoms. The molecule has 1 aliphatic heterocycles. The van der Waals surface area contributed by atoms with E-state index in [9.17, 15) is 13.2 Å². The van der Waals surface area contributed by atoms with Gasteiger partial charge in [0.15, 0.2) is 0 Å². The lowest BCUT2D eigenvalue weighted by molar-refractivity contribution is 0.0217. The van der Waals surface area contributed by atoms with Gasteiger partial charge >= 0.3 is 6.09 Å². The van der Waals surface area contributed by atoms with Crippen molar-refractivity contribution in [2.75, 3.05) is 13.1 Å². The molecule has 0 saturated carbocycles. The molecule has 0 aliphatic carbocycles. The molecule has 1 fully saturated rings. The van der Waals surface area contributed by atoms with Gasteiger partial charge in [-0.05, 0) is 53.5 Å². The zero-order valence-electron chi connectivity index (χ0n) is 14.9. The highest BCUT2D eigenvalue weighted by molar-refractivity contribution is 7.91. The first-order chi connectivity index (χ1) is 11.0. The fraction of sp³-hybridized carbons (Fsp3) is 0.688. The van der Waals surface area contributed by atoms with E-state index in [-0.39, 0.29) is 5.16 Å². The van der Waals surface area contributed by atoms with Crippen LogP contribution in [0, 0.1) is 13.8 Å². The van der Waals surface area contributed by atoms with Crippen molar-refractivity contribution in [2.45, 2.75) is 63.5 Å². The second kappa shape index (κ2) is 6.66. The van der Waals surface area contributed by atoms with Crippen molar-refractivity contribution in [1.82, 2.24) is 14.9 Å². The number of likely N-dealkylation sites (tertiary alicyclic amines) is 1. The third-order valence-corrected chi connectivity index (χ3v) is 5.79. The van der Waals surface area contributed by atoms with E-state index in [2.05, 4.69) is 9.97 Å². The SMILES string of the molecule is Cc1cc(C)nc(S(=O)(=O)C2CCN(C(=O)OC(C)(C)C)CC2)n1. The smallest absolute Gasteiger partial charge is 0.410 e. The number of ether oxygens (including phenoxy) is 1. The molecule has 0 unspecified atom stereocenters. The summed E-state index contributed by atoms with van der Waals surface area (Å²) < 4.78 is 30.8. The Morgan fingerprint density at radius 1 is 1.17 bits per heavy atom. The lowest BCUT2D eigenvalue weighted by atomic mass is 10.1. The van der Waals surface area contributed by atoms with Gasteiger partial charge in [0.25, 0.3) is 0 Å². The Bertz CT molecular complexity index is 697. The van der Waals surface area contributed by atoms with Crippen LogP contribution < -0.4 is 0 Å². The molecule has 1 amide bonds. The van der Waals surface area contributed by atoms with E-state index in [1.54, 1.807) is 45.6 Å². The van der Waals surface area contributed by atoms with Crippen LogP contribution in [0.1, 0.15) is 45.0 Å². The molecule has 2 rings (SSSR count). The summed E-state index contributed by atoms with van der Waals surface area (Å²) in [7, 11) is -3.59. The van der Waals surface area contributed by atoms with Crippen LogP contribution >= 0.6 is 0 Å². The van der Waals surface area contributed by atoms with Crippen molar-refractivity contribution in [2.24, 2.45) is 0 Å². The molecule has 1 aromatic rings. The average molecular weight is 355 g/mol. The van der Waals surface area contributed by atoms with E-state index >= 15 is 0 Å². The van der Waals surface area contributed by atoms with Crippen LogP contribution in [0.2, 0.25) is 0 Å². The topological polar surface area (TPSA) is 89.5 Å². The zero-order valence-corrected chi connectivity index (χ0v) is 15.7. The lowest BCUT2D eigenvalue weighted by Gasteiger charge is -2.32. The number of amides is 1. The minimum atomic E-state index is -3.59. The number of piperidine rings is 1. The lowest BCUT2D eigenvalue weighted by Crippen LogP contribution is -2.44. The zero-order chi connectivity index (χ0) is 18.1. The molecule has 8 heteroatoms. The van der Waals surface area contributed by atoms with Crippen LogP contribution in [0.15, 0.2) is 11.2 Å². The van der Waals surface area contributed by atoms with Crippen LogP contribution in [0.4, 0.5) is 4.79 Å². The highest BCUT2D eigenvalue weighted by Gasteiger charge is 2.35. The normalized spacial score (nSPS) is 17.0. The molecule has 134 valence electrons. The summed E-state index contributed by atoms with van der Waals surface area (Å²) in [5.74, 6) is 0. The van der Waals surface area contributed by atoms with Gasteiger partial charge in [-0.3, -0.25) is 0 Å². The van der Waals surface area contributed by atoms with E-state index in [4.69, 9.17) is 4.74 Å². The predicted octanol–water partition coefficient (Wildman–Crippen LogP) is 2.27. The van der Waals surface area contributed by atoms with Crippen LogP contribution in [-0.2, 0) is 14.6 Å². The van der Waals surface area contributed by atoms with Crippen molar-refractivity contribution in [3.8, 4) is 0 Å². The summed E-state index contributed by atoms with van der Waals surface area (Å²) in [6.45, 7) is 9.61. The van der Waals surface area contributed by atoms with Crippen molar-refractivity contribution >= 4 is 15.9 Å². The number of hydrogen-bond donors (Lipinski definition) is 0. The second-order valence-corrected chi connectivity index (χ2v) is 9.27. The number of hydrogen-bond acceptors (Lipinski definition) is 6. The Morgan fingerprint density at radius 2 is 1.67 bits per heavy atom. The number of carbonyl (C=O) groups is 1. The van der Waals surface area contributed by atoms with Crippen LogP contribution in [-0.4, -0.2) is 53.3 Å². The largest absolute Gasteiger partial charge is 0.444 e. The van der Waals surface area contributed by atoms with Crippen LogP contribution in [0.25, 0.3) is 0 Å². The number of nitrogens with zero attached hydrogens (tertiary/aromatic N) is 3. The van der Waals surface area contributed by atoms with Gasteiger partial charge in [0.05, 0.1) is 5.25 Å². The third kappa shape index (κ3) is 4.43. The number of sulfone groups is 1. The van der Waals surface area contributed by atoms with E-state index < -0.39 is 26.8 Å². The highest BCUT2D eigenvalue weighted by Crippen LogP contribution is 2.24. The molecule has 1 aliphatic rings. The summed E-state index contributed by atoms with van der Waals surface area (Å²) in [6.07, 6.45) is 0.316. The molecule has 0 radical (unpaired) electrons. The maximum absolute atomic E-state index is 12.7. The van der Waals surface area contributed by atoms with Gasteiger partial charge in [0.1, 0.15) is 5.60 Å². The molecular formula is C16H25N3O4S. The molecule has 7 nitrogen and oxygen atoms in total. The van der Waals surface area contributed by atoms with E-state index in [1.807, 2.05) is 0 Å². The third-order valence-electron chi connectivity index (χ3n) is 3.75. The average Bonchev–Trinajstić information content (AvgIpc) is 2.44. The monoisotopic (exact) mass is 355 g/mol. The highest BCUT2D eigenvalue weighted by atomic mass is 32.2. The Hall–Kier alpha value is -1.70. The van der Waals surface area contributed by atoms with Gasteiger partial charge in [-0.2, -0.15) is 0 Å². The quantitative estimate of drug-likeness (QED) is 0.756. The fourth-order valence-electron chi connectivity index (χ4n) is 2.65. The molecular weight excluding hydrogens is 330 g/mol. The summed E-state index contributed by atoms with van der Waals surface area (Å²) in [5, 5.41) is -0.687. The summed E-state index contributed by atoms with van der Waals surface area (Å²) in [5.41, 5.74) is 0.701. The van der Waals surface area contributed by atoms with Gasteiger partial charge in [-0.1, -0.05) is 0 Å². The van der Waals surface area contributed by atoms with E-state index in [0.717, 1.165) is 0 Å². The number of rotatable bonds is 2. The molecule has 2 heterocycles. The van der Waals surface area contributed by atoms with Crippen molar-refractivity contribution < 1.29 is 17.9 Å². The van der Waals surface area contributed by atoms with Crippen molar-refractivity contribution in [3.63, 3.8) is 0 Å². The first-order valence-electron chi connectivity index (χ1n) is 8.03. The number of aryl methyl sites for hydroxylation is 2. The molecule has 0 spiro atoms. The van der Waals surface area contributed by atoms with Crippen LogP contribution in [0.3, 0.4) is 0 Å². The molecule has 1 aromatic heterocycles. The maximum atomic E-state index is 12.7. The van der Waals surface area contributed by atoms with E-state index in [1.165, 1.54) is 0 Å². The fourth-order valence-corrected chi connectivity index (χ4v) is 4.32. The summed E-state index contributed by atoms with van der Waals surface area (Å²) >= 11 is 0. The van der Waals surface area contributed by atoms with Gasteiger partial charge in [0, 0.05) is 24.5 Å². The predicted molar refractivity (Wildman–Crippen MR) is 89.5 cm³/mol. The minimum absolute atomic E-state index is 0.115.